The van der Waals surface area contributed by atoms with Gasteiger partial charge in [-0.1, -0.05) is 18.9 Å². The highest BCUT2D eigenvalue weighted by molar-refractivity contribution is 6.06. The topological polar surface area (TPSA) is 198 Å². The maximum absolute atomic E-state index is 13.6. The average Bonchev–Trinajstić information content (AvgIpc) is 3.98. The molecule has 4 N–H and O–H groups in total. The summed E-state index contributed by atoms with van der Waals surface area (Å²) in [5, 5.41) is 5.68. The Morgan fingerprint density at radius 1 is 0.859 bits per heavy atom. The van der Waals surface area contributed by atoms with E-state index in [0.717, 1.165) is 109 Å². The van der Waals surface area contributed by atoms with Crippen LogP contribution in [0.2, 0.25) is 0 Å². The number of nitrogens with zero attached hydrogens (tertiary/aromatic N) is 8. The molecule has 1 saturated carbocycles. The first kappa shape index (κ1) is 43.2. The van der Waals surface area contributed by atoms with Crippen LogP contribution < -0.4 is 26.2 Å². The lowest BCUT2D eigenvalue weighted by Crippen LogP contribution is -2.53. The van der Waals surface area contributed by atoms with Gasteiger partial charge in [-0.2, -0.15) is 0 Å². The van der Waals surface area contributed by atoms with Crippen LogP contribution in [-0.4, -0.2) is 143 Å². The minimum absolute atomic E-state index is 0.0819. The maximum Gasteiger partial charge on any atom is 0.320 e. The molecule has 6 aliphatic rings. The number of rotatable bonds is 12. The van der Waals surface area contributed by atoms with Crippen LogP contribution in [0.3, 0.4) is 0 Å². The Morgan fingerprint density at radius 2 is 1.62 bits per heavy atom. The van der Waals surface area contributed by atoms with Crippen molar-refractivity contribution < 1.29 is 28.8 Å². The third-order valence-corrected chi connectivity index (χ3v) is 14.4. The van der Waals surface area contributed by atoms with E-state index < -0.39 is 23.8 Å². The molecule has 5 fully saturated rings. The standard InChI is InChI=1S/C47H59N11O6/c1-53(39-12-13-41(60)52-45(39)62)46(63)38-24-36(11-9-33(38)29-59)55-19-14-30(15-20-55)26-54-18-16-31-23-34(10-8-32(31)27-54)50-44-42(43(48)61)49-25-40(51-44)56-17-4-7-37(28-56)58-22-21-57(47(58)64)35-5-2-3-6-35/h8-11,23-25,29-30,35,37,39H,2-7,12-22,26-28H2,1H3,(H2,48,61)(H,50,51)(H,52,60,62). The number of likely N-dealkylation sites (N-methyl/N-ethyl adjacent to an activating group) is 1. The van der Waals surface area contributed by atoms with Crippen molar-refractivity contribution in [3.05, 3.63) is 70.5 Å². The number of hydrogen-bond donors (Lipinski definition) is 3. The van der Waals surface area contributed by atoms with Crippen LogP contribution in [0.15, 0.2) is 42.6 Å². The van der Waals surface area contributed by atoms with Crippen molar-refractivity contribution in [1.82, 2.24) is 34.9 Å². The number of fused-ring (bicyclic) bond motifs is 1. The molecule has 2 atom stereocenters. The van der Waals surface area contributed by atoms with Crippen LogP contribution in [0, 0.1) is 5.92 Å². The van der Waals surface area contributed by atoms with Gasteiger partial charge in [0.05, 0.1) is 17.8 Å². The summed E-state index contributed by atoms with van der Waals surface area (Å²) >= 11 is 0. The Labute approximate surface area is 373 Å². The number of carbonyl (C=O) groups excluding carboxylic acids is 6. The number of primary amides is 1. The summed E-state index contributed by atoms with van der Waals surface area (Å²) < 4.78 is 0. The zero-order valence-electron chi connectivity index (χ0n) is 36.7. The van der Waals surface area contributed by atoms with E-state index in [1.54, 1.807) is 18.3 Å². The highest BCUT2D eigenvalue weighted by Gasteiger charge is 2.40. The molecular formula is C47H59N11O6. The van der Waals surface area contributed by atoms with Crippen molar-refractivity contribution >= 4 is 59.0 Å². The lowest BCUT2D eigenvalue weighted by Gasteiger charge is -2.38. The number of aromatic nitrogens is 2. The Kier molecular flexibility index (Phi) is 12.5. The van der Waals surface area contributed by atoms with Gasteiger partial charge in [-0.25, -0.2) is 14.8 Å². The molecule has 4 saturated heterocycles. The van der Waals surface area contributed by atoms with Crippen LogP contribution in [0.25, 0.3) is 0 Å². The van der Waals surface area contributed by atoms with Crippen LogP contribution in [0.5, 0.6) is 0 Å². The van der Waals surface area contributed by atoms with Crippen LogP contribution >= 0.6 is 0 Å². The number of anilines is 4. The number of carbonyl (C=O) groups is 6. The van der Waals surface area contributed by atoms with Gasteiger partial charge in [0, 0.05) is 95.4 Å². The van der Waals surface area contributed by atoms with Gasteiger partial charge in [0.25, 0.3) is 11.8 Å². The molecule has 0 bridgehead atoms. The van der Waals surface area contributed by atoms with Crippen molar-refractivity contribution in [1.29, 1.82) is 0 Å². The fourth-order valence-corrected chi connectivity index (χ4v) is 10.8. The molecule has 9 rings (SSSR count). The number of urea groups is 1. The predicted octanol–water partition coefficient (Wildman–Crippen LogP) is 3.93. The average molecular weight is 874 g/mol. The van der Waals surface area contributed by atoms with Gasteiger partial charge in [-0.15, -0.1) is 0 Å². The molecule has 2 unspecified atom stereocenters. The number of piperidine rings is 3. The van der Waals surface area contributed by atoms with Crippen LogP contribution in [-0.2, 0) is 22.6 Å². The highest BCUT2D eigenvalue weighted by atomic mass is 16.2. The monoisotopic (exact) mass is 873 g/mol. The van der Waals surface area contributed by atoms with Crippen molar-refractivity contribution in [2.24, 2.45) is 11.7 Å². The molecule has 338 valence electrons. The Hall–Kier alpha value is -6.10. The van der Waals surface area contributed by atoms with E-state index >= 15 is 0 Å². The smallest absolute Gasteiger partial charge is 0.320 e. The lowest BCUT2D eigenvalue weighted by molar-refractivity contribution is -0.136. The minimum Gasteiger partial charge on any atom is -0.371 e. The normalized spacial score (nSPS) is 22.4. The summed E-state index contributed by atoms with van der Waals surface area (Å²) in [5.74, 6) is -0.457. The molecule has 6 heterocycles. The fourth-order valence-electron chi connectivity index (χ4n) is 10.8. The molecule has 0 spiro atoms. The van der Waals surface area contributed by atoms with Gasteiger partial charge in [0.2, 0.25) is 11.8 Å². The minimum atomic E-state index is -0.777. The third kappa shape index (κ3) is 8.99. The van der Waals surface area contributed by atoms with E-state index in [1.807, 2.05) is 12.1 Å². The fraction of sp³-hybridized carbons (Fsp3) is 0.532. The van der Waals surface area contributed by atoms with E-state index in [2.05, 4.69) is 52.2 Å². The maximum atomic E-state index is 13.6. The number of nitrogens with two attached hydrogens (primary N) is 1. The van der Waals surface area contributed by atoms with E-state index in [1.165, 1.54) is 35.9 Å². The number of nitrogens with one attached hydrogen (secondary N) is 2. The SMILES string of the molecule is CN(C(=O)c1cc(N2CCC(CN3CCc4cc(Nc5nc(N6CCCC(N7CCN(C8CCCC8)C7=O)C6)cnc5C(N)=O)ccc4C3)CC2)ccc1C=O)C1CCC(=O)NC1=O. The zero-order valence-corrected chi connectivity index (χ0v) is 36.7. The lowest BCUT2D eigenvalue weighted by atomic mass is 9.93. The summed E-state index contributed by atoms with van der Waals surface area (Å²) in [7, 11) is 1.54. The number of imide groups is 1. The van der Waals surface area contributed by atoms with Crippen LogP contribution in [0.1, 0.15) is 107 Å². The summed E-state index contributed by atoms with van der Waals surface area (Å²) in [4.78, 5) is 97.5. The number of benzene rings is 2. The Balaban J connectivity index is 0.793. The van der Waals surface area contributed by atoms with Gasteiger partial charge < -0.3 is 35.6 Å². The molecule has 6 amide bonds. The van der Waals surface area contributed by atoms with E-state index in [4.69, 9.17) is 10.7 Å². The number of aldehydes is 1. The van der Waals surface area contributed by atoms with E-state index in [9.17, 15) is 28.8 Å². The van der Waals surface area contributed by atoms with Gasteiger partial charge in [0.15, 0.2) is 17.8 Å². The first-order valence-electron chi connectivity index (χ1n) is 23.1. The largest absolute Gasteiger partial charge is 0.371 e. The Morgan fingerprint density at radius 3 is 2.38 bits per heavy atom. The molecule has 1 aliphatic carbocycles. The molecule has 17 nitrogen and oxygen atoms in total. The molecule has 2 aromatic carbocycles. The van der Waals surface area contributed by atoms with E-state index in [0.29, 0.717) is 36.4 Å². The predicted molar refractivity (Wildman–Crippen MR) is 241 cm³/mol. The molecule has 1 aromatic heterocycles. The van der Waals surface area contributed by atoms with Crippen molar-refractivity contribution in [2.45, 2.75) is 95.3 Å². The molecule has 17 heteroatoms. The van der Waals surface area contributed by atoms with Gasteiger partial charge in [0.1, 0.15) is 11.9 Å². The summed E-state index contributed by atoms with van der Waals surface area (Å²) in [6.45, 7) is 7.37. The van der Waals surface area contributed by atoms with Gasteiger partial charge in [-0.05, 0) is 98.7 Å². The molecule has 3 aromatic rings. The molecule has 0 radical (unpaired) electrons. The van der Waals surface area contributed by atoms with E-state index in [-0.39, 0.29) is 47.6 Å². The number of hydrogen-bond acceptors (Lipinski definition) is 12. The van der Waals surface area contributed by atoms with Gasteiger partial charge >= 0.3 is 6.03 Å². The molecular weight excluding hydrogens is 815 g/mol. The first-order valence-corrected chi connectivity index (χ1v) is 23.1. The zero-order chi connectivity index (χ0) is 44.5. The quantitative estimate of drug-likeness (QED) is 0.176. The second kappa shape index (κ2) is 18.6. The summed E-state index contributed by atoms with van der Waals surface area (Å²) in [5.41, 5.74) is 10.6. The van der Waals surface area contributed by atoms with Crippen molar-refractivity contribution in [3.8, 4) is 0 Å². The summed E-state index contributed by atoms with van der Waals surface area (Å²) in [6, 6.07) is 11.5. The molecule has 64 heavy (non-hydrogen) atoms. The van der Waals surface area contributed by atoms with Crippen molar-refractivity contribution in [3.63, 3.8) is 0 Å². The molecule has 5 aliphatic heterocycles. The van der Waals surface area contributed by atoms with Crippen molar-refractivity contribution in [2.75, 3.05) is 74.5 Å². The number of amides is 6. The third-order valence-electron chi connectivity index (χ3n) is 14.4. The second-order valence-electron chi connectivity index (χ2n) is 18.4. The van der Waals surface area contributed by atoms with Crippen LogP contribution in [0.4, 0.5) is 27.8 Å². The first-order chi connectivity index (χ1) is 31.0. The van der Waals surface area contributed by atoms with Gasteiger partial charge in [-0.3, -0.25) is 34.2 Å². The Bertz CT molecular complexity index is 2310. The second-order valence-corrected chi connectivity index (χ2v) is 18.4. The summed E-state index contributed by atoms with van der Waals surface area (Å²) in [6.07, 6.45) is 12.0. The highest BCUT2D eigenvalue weighted by Crippen LogP contribution is 2.33.